The normalized spacial score (nSPS) is 15.5. The number of hydrogen-bond donors (Lipinski definition) is 0. The molecular weight excluding hydrogens is 463 g/mol. The van der Waals surface area contributed by atoms with Crippen LogP contribution in [0.5, 0.6) is 0 Å². The Labute approximate surface area is 197 Å². The number of aromatic nitrogens is 1. The van der Waals surface area contributed by atoms with Gasteiger partial charge in [-0.15, -0.1) is 0 Å². The van der Waals surface area contributed by atoms with E-state index in [2.05, 4.69) is 0 Å². The van der Waals surface area contributed by atoms with Crippen molar-refractivity contribution in [2.45, 2.75) is 32.6 Å². The molecule has 0 bridgehead atoms. The minimum absolute atomic E-state index is 0.0450. The summed E-state index contributed by atoms with van der Waals surface area (Å²) in [6, 6.07) is 9.56. The minimum Gasteiger partial charge on any atom is -0.318 e. The Morgan fingerprint density at radius 2 is 1.82 bits per heavy atom. The summed E-state index contributed by atoms with van der Waals surface area (Å²) in [5.74, 6) is -0.447. The second-order valence-corrected chi connectivity index (χ2v) is 11.1. The first-order valence-corrected chi connectivity index (χ1v) is 12.8. The highest BCUT2D eigenvalue weighted by Gasteiger charge is 2.26. The van der Waals surface area contributed by atoms with Gasteiger partial charge in [0.2, 0.25) is 0 Å². The third-order valence-electron chi connectivity index (χ3n) is 5.99. The van der Waals surface area contributed by atoms with Gasteiger partial charge in [-0.2, -0.15) is 0 Å². The summed E-state index contributed by atoms with van der Waals surface area (Å²) in [7, 11) is -1.57. The third-order valence-corrected chi connectivity index (χ3v) is 7.96. The van der Waals surface area contributed by atoms with Crippen LogP contribution in [0.4, 0.5) is 4.39 Å². The molecule has 0 saturated carbocycles. The van der Waals surface area contributed by atoms with Gasteiger partial charge >= 0.3 is 0 Å². The molecule has 8 heteroatoms. The maximum Gasteiger partial charge on any atom is 0.250 e. The zero-order chi connectivity index (χ0) is 24.1. The average molecular weight is 487 g/mol. The van der Waals surface area contributed by atoms with E-state index in [0.29, 0.717) is 22.4 Å². The minimum atomic E-state index is -3.24. The van der Waals surface area contributed by atoms with Crippen LogP contribution in [-0.4, -0.2) is 24.4 Å². The molecule has 5 nitrogen and oxygen atoms in total. The molecule has 1 aromatic heterocycles. The molecule has 0 fully saturated rings. The van der Waals surface area contributed by atoms with Crippen LogP contribution in [0.2, 0.25) is 5.02 Å². The zero-order valence-corrected chi connectivity index (χ0v) is 20.4. The number of pyridine rings is 1. The summed E-state index contributed by atoms with van der Waals surface area (Å²) in [5.41, 5.74) is 5.09. The van der Waals surface area contributed by atoms with Gasteiger partial charge in [-0.3, -0.25) is 9.79 Å². The highest BCUT2D eigenvalue weighted by molar-refractivity contribution is 7.90. The van der Waals surface area contributed by atoms with Gasteiger partial charge in [0, 0.05) is 41.8 Å². The van der Waals surface area contributed by atoms with Gasteiger partial charge in [-0.1, -0.05) is 30.7 Å². The molecule has 2 heterocycles. The van der Waals surface area contributed by atoms with Crippen LogP contribution >= 0.6 is 11.6 Å². The van der Waals surface area contributed by atoms with Crippen LogP contribution in [0.15, 0.2) is 52.4 Å². The average Bonchev–Trinajstić information content (AvgIpc) is 2.86. The van der Waals surface area contributed by atoms with Gasteiger partial charge in [0.05, 0.1) is 22.5 Å². The molecule has 0 spiro atoms. The number of aliphatic imine (C=N–C) groups is 1. The lowest BCUT2D eigenvalue weighted by Crippen LogP contribution is -2.17. The number of aryl methyl sites for hydroxylation is 2. The molecule has 0 N–H and O–H groups in total. The first-order chi connectivity index (χ1) is 15.5. The van der Waals surface area contributed by atoms with Gasteiger partial charge in [0.25, 0.3) is 5.56 Å². The molecule has 33 heavy (non-hydrogen) atoms. The molecule has 172 valence electrons. The Balaban J connectivity index is 2.04. The molecule has 0 aliphatic carbocycles. The number of benzene rings is 2. The van der Waals surface area contributed by atoms with Crippen molar-refractivity contribution in [3.05, 3.63) is 91.6 Å². The summed E-state index contributed by atoms with van der Waals surface area (Å²) in [5, 5.41) is 0.230. The molecule has 0 amide bonds. The maximum absolute atomic E-state index is 14.1. The number of halogens is 2. The Hall–Kier alpha value is -2.77. The van der Waals surface area contributed by atoms with Crippen LogP contribution < -0.4 is 5.56 Å². The second kappa shape index (κ2) is 8.54. The number of sulfone groups is 1. The summed E-state index contributed by atoms with van der Waals surface area (Å²) < 4.78 is 40.2. The molecule has 0 radical (unpaired) electrons. The number of rotatable bonds is 4. The van der Waals surface area contributed by atoms with Gasteiger partial charge in [-0.05, 0) is 54.3 Å². The van der Waals surface area contributed by atoms with Crippen LogP contribution in [-0.2, 0) is 22.6 Å². The fraction of sp³-hybridized carbons (Fsp3) is 0.280. The summed E-state index contributed by atoms with van der Waals surface area (Å²) in [6.45, 7) is 5.17. The lowest BCUT2D eigenvalue weighted by molar-refractivity contribution is 0.596. The van der Waals surface area contributed by atoms with Crippen molar-refractivity contribution >= 4 is 27.1 Å². The Kier molecular flexibility index (Phi) is 6.05. The second-order valence-electron chi connectivity index (χ2n) is 8.38. The standard InChI is InChI=1S/C25H24ClFN2O3S/c1-5-33(31,32)13-16-6-7-17-19(9-16)21-12-29(4)24(30)10-18(21)15(3)28-25(17)20-8-14(2)23(27)11-22(20)26/h6-12,15H,5,13H2,1-4H3/t15-/m0/s1. The van der Waals surface area contributed by atoms with E-state index in [1.807, 2.05) is 19.1 Å². The van der Waals surface area contributed by atoms with E-state index < -0.39 is 15.7 Å². The highest BCUT2D eigenvalue weighted by atomic mass is 35.5. The molecule has 0 unspecified atom stereocenters. The highest BCUT2D eigenvalue weighted by Crippen LogP contribution is 2.38. The van der Waals surface area contributed by atoms with Crippen LogP contribution in [0, 0.1) is 12.7 Å². The van der Waals surface area contributed by atoms with Crippen molar-refractivity contribution in [1.82, 2.24) is 4.57 Å². The molecular formula is C25H24ClFN2O3S. The van der Waals surface area contributed by atoms with E-state index in [9.17, 15) is 17.6 Å². The van der Waals surface area contributed by atoms with Crippen molar-refractivity contribution < 1.29 is 12.8 Å². The number of fused-ring (bicyclic) bond motifs is 3. The van der Waals surface area contributed by atoms with E-state index in [1.165, 1.54) is 10.6 Å². The van der Waals surface area contributed by atoms with Crippen LogP contribution in [0.3, 0.4) is 0 Å². The lowest BCUT2D eigenvalue weighted by Gasteiger charge is -2.15. The molecule has 1 atom stereocenters. The molecule has 1 aliphatic rings. The summed E-state index contributed by atoms with van der Waals surface area (Å²) >= 11 is 6.45. The first-order valence-electron chi connectivity index (χ1n) is 10.6. The Morgan fingerprint density at radius 1 is 1.09 bits per heavy atom. The van der Waals surface area contributed by atoms with E-state index in [-0.39, 0.29) is 28.1 Å². The Bertz CT molecular complexity index is 1480. The van der Waals surface area contributed by atoms with E-state index in [1.54, 1.807) is 45.3 Å². The lowest BCUT2D eigenvalue weighted by atomic mass is 9.91. The fourth-order valence-corrected chi connectivity index (χ4v) is 5.20. The van der Waals surface area contributed by atoms with E-state index >= 15 is 0 Å². The first kappa shape index (κ1) is 23.4. The van der Waals surface area contributed by atoms with Gasteiger partial charge in [0.1, 0.15) is 5.82 Å². The SMILES string of the molecule is CCS(=O)(=O)Cc1ccc2c(c1)-c1cn(C)c(=O)cc1[C@H](C)N=C2c1cc(C)c(F)cc1Cl. The van der Waals surface area contributed by atoms with Gasteiger partial charge < -0.3 is 4.57 Å². The topological polar surface area (TPSA) is 68.5 Å². The predicted molar refractivity (Wildman–Crippen MR) is 130 cm³/mol. The van der Waals surface area contributed by atoms with E-state index in [4.69, 9.17) is 16.6 Å². The van der Waals surface area contributed by atoms with Crippen molar-refractivity contribution in [3.8, 4) is 11.1 Å². The zero-order valence-electron chi connectivity index (χ0n) is 18.8. The third kappa shape index (κ3) is 4.39. The van der Waals surface area contributed by atoms with Crippen LogP contribution in [0.1, 0.15) is 47.7 Å². The molecule has 4 rings (SSSR count). The summed E-state index contributed by atoms with van der Waals surface area (Å²) in [6.07, 6.45) is 1.75. The number of hydrogen-bond acceptors (Lipinski definition) is 4. The van der Waals surface area contributed by atoms with Crippen molar-refractivity contribution in [1.29, 1.82) is 0 Å². The van der Waals surface area contributed by atoms with Crippen LogP contribution in [0.25, 0.3) is 11.1 Å². The van der Waals surface area contributed by atoms with Crippen molar-refractivity contribution in [2.24, 2.45) is 12.0 Å². The van der Waals surface area contributed by atoms with Gasteiger partial charge in [0.15, 0.2) is 9.84 Å². The molecule has 0 saturated heterocycles. The molecule has 1 aliphatic heterocycles. The molecule has 2 aromatic carbocycles. The quantitative estimate of drug-likeness (QED) is 0.521. The predicted octanol–water partition coefficient (Wildman–Crippen LogP) is 5.00. The summed E-state index contributed by atoms with van der Waals surface area (Å²) in [4.78, 5) is 17.3. The van der Waals surface area contributed by atoms with E-state index in [0.717, 1.165) is 22.3 Å². The largest absolute Gasteiger partial charge is 0.318 e. The monoisotopic (exact) mass is 486 g/mol. The van der Waals surface area contributed by atoms with Crippen molar-refractivity contribution in [3.63, 3.8) is 0 Å². The van der Waals surface area contributed by atoms with Crippen molar-refractivity contribution in [2.75, 3.05) is 5.75 Å². The number of nitrogens with zero attached hydrogens (tertiary/aromatic N) is 2. The smallest absolute Gasteiger partial charge is 0.250 e. The Morgan fingerprint density at radius 3 is 2.52 bits per heavy atom. The molecule has 3 aromatic rings. The maximum atomic E-state index is 14.1. The fourth-order valence-electron chi connectivity index (χ4n) is 4.07. The van der Waals surface area contributed by atoms with Gasteiger partial charge in [-0.25, -0.2) is 12.8 Å².